The third-order valence-corrected chi connectivity index (χ3v) is 1.65. The molecule has 0 amide bonds. The van der Waals surface area contributed by atoms with Crippen molar-refractivity contribution in [2.24, 2.45) is 0 Å². The number of nitrogens with zero attached hydrogens (tertiary/aromatic N) is 1. The molecule has 7 heteroatoms. The van der Waals surface area contributed by atoms with Crippen molar-refractivity contribution in [2.75, 3.05) is 12.3 Å². The Morgan fingerprint density at radius 2 is 1.93 bits per heavy atom. The Morgan fingerprint density at radius 1 is 1.33 bits per heavy atom. The Hall–Kier alpha value is -1.34. The van der Waals surface area contributed by atoms with Crippen LogP contribution in [0.5, 0.6) is 0 Å². The standard InChI is InChI=1S/C8H7F4NO2/c1-15-13(14)5-2-3-7(9)6(4-5)8(10,11)12/h2-4,14H,1H3. The first kappa shape index (κ1) is 11.7. The molecule has 1 N–H and O–H groups in total. The Kier molecular flexibility index (Phi) is 3.15. The second-order valence-electron chi connectivity index (χ2n) is 2.62. The molecule has 0 unspecified atom stereocenters. The zero-order valence-corrected chi connectivity index (χ0v) is 7.55. The molecule has 0 aliphatic rings. The number of hydrogen-bond donors (Lipinski definition) is 1. The fourth-order valence-corrected chi connectivity index (χ4v) is 0.955. The van der Waals surface area contributed by atoms with Gasteiger partial charge < -0.3 is 0 Å². The van der Waals surface area contributed by atoms with Crippen LogP contribution in [0.1, 0.15) is 5.56 Å². The lowest BCUT2D eigenvalue weighted by atomic mass is 10.2. The summed E-state index contributed by atoms with van der Waals surface area (Å²) in [6.45, 7) is 0. The Bertz CT molecular complexity index is 353. The lowest BCUT2D eigenvalue weighted by Gasteiger charge is -2.15. The maximum Gasteiger partial charge on any atom is 0.419 e. The van der Waals surface area contributed by atoms with Crippen LogP contribution in [0.4, 0.5) is 23.2 Å². The van der Waals surface area contributed by atoms with Crippen LogP contribution in [0.3, 0.4) is 0 Å². The highest BCUT2D eigenvalue weighted by Crippen LogP contribution is 2.33. The van der Waals surface area contributed by atoms with E-state index in [4.69, 9.17) is 5.21 Å². The van der Waals surface area contributed by atoms with E-state index >= 15 is 0 Å². The van der Waals surface area contributed by atoms with Crippen molar-refractivity contribution in [1.82, 2.24) is 0 Å². The van der Waals surface area contributed by atoms with Crippen molar-refractivity contribution in [2.45, 2.75) is 6.18 Å². The molecule has 84 valence electrons. The summed E-state index contributed by atoms with van der Waals surface area (Å²) in [5, 5.41) is 9.04. The third kappa shape index (κ3) is 2.57. The Morgan fingerprint density at radius 3 is 2.40 bits per heavy atom. The van der Waals surface area contributed by atoms with Crippen molar-refractivity contribution >= 4 is 5.69 Å². The summed E-state index contributed by atoms with van der Waals surface area (Å²) >= 11 is 0. The number of benzene rings is 1. The minimum atomic E-state index is -4.81. The van der Waals surface area contributed by atoms with Gasteiger partial charge >= 0.3 is 6.18 Å². The molecule has 0 fully saturated rings. The molecule has 1 rings (SSSR count). The number of anilines is 1. The fourth-order valence-electron chi connectivity index (χ4n) is 0.955. The number of alkyl halides is 3. The van der Waals surface area contributed by atoms with E-state index < -0.39 is 17.6 Å². The quantitative estimate of drug-likeness (QED) is 0.620. The van der Waals surface area contributed by atoms with E-state index in [1.165, 1.54) is 0 Å². The van der Waals surface area contributed by atoms with Gasteiger partial charge in [-0.3, -0.25) is 10.0 Å². The molecule has 0 atom stereocenters. The van der Waals surface area contributed by atoms with E-state index in [0.717, 1.165) is 13.2 Å². The molecule has 15 heavy (non-hydrogen) atoms. The predicted octanol–water partition coefficient (Wildman–Crippen LogP) is 2.60. The van der Waals surface area contributed by atoms with Gasteiger partial charge in [-0.15, -0.1) is 5.23 Å². The summed E-state index contributed by atoms with van der Waals surface area (Å²) < 4.78 is 49.4. The second kappa shape index (κ2) is 4.03. The van der Waals surface area contributed by atoms with E-state index in [1.807, 2.05) is 0 Å². The van der Waals surface area contributed by atoms with Crippen LogP contribution in [0, 0.1) is 5.82 Å². The predicted molar refractivity (Wildman–Crippen MR) is 42.7 cm³/mol. The zero-order valence-electron chi connectivity index (χ0n) is 7.55. The third-order valence-electron chi connectivity index (χ3n) is 1.65. The van der Waals surface area contributed by atoms with Crippen molar-refractivity contribution in [3.63, 3.8) is 0 Å². The lowest BCUT2D eigenvalue weighted by Crippen LogP contribution is -2.17. The highest BCUT2D eigenvalue weighted by molar-refractivity contribution is 5.45. The van der Waals surface area contributed by atoms with Crippen LogP contribution in [0.15, 0.2) is 18.2 Å². The van der Waals surface area contributed by atoms with Crippen LogP contribution in [0.25, 0.3) is 0 Å². The molecule has 0 saturated carbocycles. The topological polar surface area (TPSA) is 32.7 Å². The van der Waals surface area contributed by atoms with Gasteiger partial charge in [0.2, 0.25) is 0 Å². The van der Waals surface area contributed by atoms with E-state index in [2.05, 4.69) is 4.84 Å². The minimum Gasteiger partial charge on any atom is -0.264 e. The van der Waals surface area contributed by atoms with Crippen molar-refractivity contribution in [1.29, 1.82) is 0 Å². The molecule has 0 spiro atoms. The largest absolute Gasteiger partial charge is 0.419 e. The number of hydrogen-bond acceptors (Lipinski definition) is 3. The van der Waals surface area contributed by atoms with Crippen LogP contribution < -0.4 is 5.23 Å². The molecule has 1 aromatic rings. The molecule has 0 bridgehead atoms. The maximum absolute atomic E-state index is 12.8. The molecule has 0 aliphatic carbocycles. The van der Waals surface area contributed by atoms with E-state index in [-0.39, 0.29) is 10.9 Å². The van der Waals surface area contributed by atoms with E-state index in [9.17, 15) is 17.6 Å². The lowest BCUT2D eigenvalue weighted by molar-refractivity contribution is -0.140. The smallest absolute Gasteiger partial charge is 0.264 e. The summed E-state index contributed by atoms with van der Waals surface area (Å²) in [6, 6.07) is 1.99. The molecule has 0 radical (unpaired) electrons. The van der Waals surface area contributed by atoms with Gasteiger partial charge in [0, 0.05) is 0 Å². The van der Waals surface area contributed by atoms with Gasteiger partial charge in [0.15, 0.2) is 0 Å². The van der Waals surface area contributed by atoms with Gasteiger partial charge in [0.25, 0.3) is 0 Å². The summed E-state index contributed by atoms with van der Waals surface area (Å²) in [5.74, 6) is -1.41. The van der Waals surface area contributed by atoms with Crippen molar-refractivity contribution < 1.29 is 27.6 Å². The molecule has 1 aromatic carbocycles. The summed E-state index contributed by atoms with van der Waals surface area (Å²) in [5.41, 5.74) is -1.78. The SMILES string of the molecule is CON(O)c1ccc(F)c(C(F)(F)F)c1. The van der Waals surface area contributed by atoms with E-state index in [0.29, 0.717) is 12.1 Å². The normalized spacial score (nSPS) is 11.6. The van der Waals surface area contributed by atoms with Gasteiger partial charge in [-0.05, 0) is 18.2 Å². The van der Waals surface area contributed by atoms with Gasteiger partial charge in [-0.2, -0.15) is 13.2 Å². The Balaban J connectivity index is 3.17. The van der Waals surface area contributed by atoms with Crippen molar-refractivity contribution in [3.05, 3.63) is 29.6 Å². The average Bonchev–Trinajstić information content (AvgIpc) is 2.15. The molecular weight excluding hydrogens is 218 g/mol. The highest BCUT2D eigenvalue weighted by atomic mass is 19.4. The van der Waals surface area contributed by atoms with Crippen LogP contribution in [-0.2, 0) is 11.0 Å². The molecule has 0 aromatic heterocycles. The van der Waals surface area contributed by atoms with Gasteiger partial charge in [0.1, 0.15) is 5.82 Å². The van der Waals surface area contributed by atoms with Crippen molar-refractivity contribution in [3.8, 4) is 0 Å². The summed E-state index contributed by atoms with van der Waals surface area (Å²) in [7, 11) is 1.05. The van der Waals surface area contributed by atoms with Gasteiger partial charge in [-0.25, -0.2) is 4.39 Å². The van der Waals surface area contributed by atoms with Gasteiger partial charge in [0.05, 0.1) is 18.4 Å². The first-order chi connectivity index (χ1) is 6.86. The maximum atomic E-state index is 12.8. The van der Waals surface area contributed by atoms with Crippen LogP contribution in [-0.4, -0.2) is 12.3 Å². The average molecular weight is 225 g/mol. The molecule has 3 nitrogen and oxygen atoms in total. The van der Waals surface area contributed by atoms with Crippen LogP contribution >= 0.6 is 0 Å². The molecule has 0 heterocycles. The Labute approximate surface area is 82.4 Å². The zero-order chi connectivity index (χ0) is 11.6. The highest BCUT2D eigenvalue weighted by Gasteiger charge is 2.34. The summed E-state index contributed by atoms with van der Waals surface area (Å²) in [4.78, 5) is 4.24. The van der Waals surface area contributed by atoms with E-state index in [1.54, 1.807) is 0 Å². The number of halogens is 4. The minimum absolute atomic E-state index is 0.106. The number of rotatable bonds is 2. The fraction of sp³-hybridized carbons (Fsp3) is 0.250. The second-order valence-corrected chi connectivity index (χ2v) is 2.62. The first-order valence-corrected chi connectivity index (χ1v) is 3.76. The first-order valence-electron chi connectivity index (χ1n) is 3.76. The molecule has 0 saturated heterocycles. The molecule has 0 aliphatic heterocycles. The molecular formula is C8H7F4NO2. The van der Waals surface area contributed by atoms with Crippen LogP contribution in [0.2, 0.25) is 0 Å². The van der Waals surface area contributed by atoms with Gasteiger partial charge in [-0.1, -0.05) is 0 Å². The monoisotopic (exact) mass is 225 g/mol. The summed E-state index contributed by atoms with van der Waals surface area (Å²) in [6.07, 6.45) is -4.81.